The van der Waals surface area contributed by atoms with Crippen LogP contribution < -0.4 is 4.90 Å². The highest BCUT2D eigenvalue weighted by molar-refractivity contribution is 8.26. The minimum Gasteiger partial charge on any atom is -0.480 e. The molecule has 0 saturated carbocycles. The molecule has 2 aromatic carbocycles. The van der Waals surface area contributed by atoms with E-state index < -0.39 is 18.4 Å². The zero-order valence-corrected chi connectivity index (χ0v) is 17.0. The van der Waals surface area contributed by atoms with E-state index in [2.05, 4.69) is 0 Å². The van der Waals surface area contributed by atoms with Gasteiger partial charge >= 0.3 is 5.97 Å². The molecule has 4 rings (SSSR count). The molecular formula is C21H16N2O4S2. The third kappa shape index (κ3) is 3.45. The van der Waals surface area contributed by atoms with Crippen LogP contribution >= 0.6 is 24.0 Å². The number of hydrogen-bond donors (Lipinski definition) is 1. The molecule has 2 amide bonds. The van der Waals surface area contributed by atoms with Crippen molar-refractivity contribution in [2.75, 3.05) is 11.4 Å². The summed E-state index contributed by atoms with van der Waals surface area (Å²) < 4.78 is 0.141. The van der Waals surface area contributed by atoms with Crippen molar-refractivity contribution in [3.63, 3.8) is 0 Å². The van der Waals surface area contributed by atoms with Crippen LogP contribution in [-0.2, 0) is 20.9 Å². The van der Waals surface area contributed by atoms with E-state index in [4.69, 9.17) is 17.3 Å². The first-order valence-electron chi connectivity index (χ1n) is 8.83. The van der Waals surface area contributed by atoms with Crippen LogP contribution in [-0.4, -0.2) is 38.7 Å². The summed E-state index contributed by atoms with van der Waals surface area (Å²) in [6.07, 6.45) is 0. The molecule has 1 saturated heterocycles. The van der Waals surface area contributed by atoms with Gasteiger partial charge in [0.2, 0.25) is 0 Å². The van der Waals surface area contributed by atoms with Gasteiger partial charge in [0.1, 0.15) is 10.9 Å². The second kappa shape index (κ2) is 7.46. The van der Waals surface area contributed by atoms with Crippen molar-refractivity contribution >= 4 is 57.3 Å². The van der Waals surface area contributed by atoms with E-state index in [-0.39, 0.29) is 20.7 Å². The Morgan fingerprint density at radius 2 is 1.72 bits per heavy atom. The normalized spacial score (nSPS) is 18.6. The molecule has 0 aromatic heterocycles. The van der Waals surface area contributed by atoms with Gasteiger partial charge in [-0.2, -0.15) is 0 Å². The molecule has 0 bridgehead atoms. The summed E-state index contributed by atoms with van der Waals surface area (Å²) in [4.78, 5) is 40.0. The number of carbonyl (C=O) groups excluding carboxylic acids is 2. The number of thioether (sulfide) groups is 1. The molecule has 2 heterocycles. The van der Waals surface area contributed by atoms with Crippen LogP contribution in [0.1, 0.15) is 16.7 Å². The second-order valence-corrected chi connectivity index (χ2v) is 8.40. The Morgan fingerprint density at radius 1 is 1.03 bits per heavy atom. The van der Waals surface area contributed by atoms with Gasteiger partial charge in [-0.15, -0.1) is 0 Å². The molecule has 0 spiro atoms. The van der Waals surface area contributed by atoms with Gasteiger partial charge in [0.15, 0.2) is 0 Å². The Morgan fingerprint density at radius 3 is 2.41 bits per heavy atom. The van der Waals surface area contributed by atoms with E-state index in [1.807, 2.05) is 43.3 Å². The highest BCUT2D eigenvalue weighted by Crippen LogP contribution is 2.44. The lowest BCUT2D eigenvalue weighted by molar-refractivity contribution is -0.140. The molecule has 1 fully saturated rings. The van der Waals surface area contributed by atoms with E-state index in [9.17, 15) is 14.4 Å². The average molecular weight is 425 g/mol. The number of rotatable bonds is 4. The maximum atomic E-state index is 13.3. The fourth-order valence-electron chi connectivity index (χ4n) is 3.35. The minimum atomic E-state index is -1.16. The van der Waals surface area contributed by atoms with Gasteiger partial charge in [-0.3, -0.25) is 19.3 Å². The molecule has 0 atom stereocenters. The van der Waals surface area contributed by atoms with Crippen molar-refractivity contribution in [3.8, 4) is 0 Å². The monoisotopic (exact) mass is 424 g/mol. The summed E-state index contributed by atoms with van der Waals surface area (Å²) in [6.45, 7) is 1.84. The largest absolute Gasteiger partial charge is 0.480 e. The number of fused-ring (bicyclic) bond motifs is 1. The summed E-state index contributed by atoms with van der Waals surface area (Å²) in [5.74, 6) is -1.99. The number of anilines is 1. The number of carboxylic acids is 1. The van der Waals surface area contributed by atoms with E-state index >= 15 is 0 Å². The SMILES string of the molecule is Cc1ccc(CN2C(=O)C(=C3SC(=S)N(CC(=O)O)C3=O)c3ccccc32)cc1. The fraction of sp³-hybridized carbons (Fsp3) is 0.143. The lowest BCUT2D eigenvalue weighted by Gasteiger charge is -2.17. The van der Waals surface area contributed by atoms with Crippen LogP contribution in [0.4, 0.5) is 5.69 Å². The zero-order valence-electron chi connectivity index (χ0n) is 15.4. The van der Waals surface area contributed by atoms with E-state index in [0.29, 0.717) is 12.1 Å². The van der Waals surface area contributed by atoms with Gasteiger partial charge in [-0.1, -0.05) is 72.0 Å². The fourth-order valence-corrected chi connectivity index (χ4v) is 4.68. The Bertz CT molecular complexity index is 1090. The van der Waals surface area contributed by atoms with Crippen LogP contribution in [0.5, 0.6) is 0 Å². The number of para-hydroxylation sites is 1. The third-order valence-corrected chi connectivity index (χ3v) is 6.20. The van der Waals surface area contributed by atoms with Crippen LogP contribution in [0.15, 0.2) is 53.4 Å². The van der Waals surface area contributed by atoms with Gasteiger partial charge in [0.25, 0.3) is 11.8 Å². The number of carbonyl (C=O) groups is 3. The molecule has 0 radical (unpaired) electrons. The van der Waals surface area contributed by atoms with Gasteiger partial charge in [0.05, 0.1) is 22.7 Å². The highest BCUT2D eigenvalue weighted by atomic mass is 32.2. The van der Waals surface area contributed by atoms with Crippen LogP contribution in [0.3, 0.4) is 0 Å². The van der Waals surface area contributed by atoms with Crippen molar-refractivity contribution < 1.29 is 19.5 Å². The zero-order chi connectivity index (χ0) is 20.7. The molecule has 0 unspecified atom stereocenters. The summed E-state index contributed by atoms with van der Waals surface area (Å²) in [5, 5.41) is 9.04. The lowest BCUT2D eigenvalue weighted by Crippen LogP contribution is -2.33. The van der Waals surface area contributed by atoms with Crippen molar-refractivity contribution in [1.82, 2.24) is 4.90 Å². The summed E-state index contributed by atoms with van der Waals surface area (Å²) in [7, 11) is 0. The van der Waals surface area contributed by atoms with E-state index in [1.165, 1.54) is 0 Å². The van der Waals surface area contributed by atoms with Crippen LogP contribution in [0, 0.1) is 6.92 Å². The molecular weight excluding hydrogens is 408 g/mol. The van der Waals surface area contributed by atoms with Crippen molar-refractivity contribution in [1.29, 1.82) is 0 Å². The quantitative estimate of drug-likeness (QED) is 0.600. The number of aryl methyl sites for hydroxylation is 1. The molecule has 6 nitrogen and oxygen atoms in total. The van der Waals surface area contributed by atoms with Gasteiger partial charge in [0, 0.05) is 5.56 Å². The first-order chi connectivity index (χ1) is 13.9. The number of thiocarbonyl (C=S) groups is 1. The summed E-state index contributed by atoms with van der Waals surface area (Å²) >= 11 is 6.15. The number of carboxylic acid groups (broad SMARTS) is 1. The van der Waals surface area contributed by atoms with E-state index in [0.717, 1.165) is 33.5 Å². The van der Waals surface area contributed by atoms with Gasteiger partial charge in [-0.25, -0.2) is 0 Å². The second-order valence-electron chi connectivity index (χ2n) is 6.75. The Labute approximate surface area is 176 Å². The smallest absolute Gasteiger partial charge is 0.323 e. The predicted molar refractivity (Wildman–Crippen MR) is 115 cm³/mol. The summed E-state index contributed by atoms with van der Waals surface area (Å²) in [6, 6.07) is 15.2. The standard InChI is InChI=1S/C21H16N2O4S2/c1-12-6-8-13(9-7-12)10-22-15-5-3-2-4-14(15)17(19(22)26)18-20(27)23(11-16(24)25)21(28)29-18/h2-9H,10-11H2,1H3,(H,24,25). The molecule has 0 aliphatic carbocycles. The average Bonchev–Trinajstić information content (AvgIpc) is 3.11. The minimum absolute atomic E-state index is 0.141. The van der Waals surface area contributed by atoms with Crippen LogP contribution in [0.2, 0.25) is 0 Å². The Kier molecular flexibility index (Phi) is 4.97. The number of benzene rings is 2. The number of amides is 2. The lowest BCUT2D eigenvalue weighted by atomic mass is 10.1. The molecule has 29 heavy (non-hydrogen) atoms. The molecule has 2 aliphatic heterocycles. The maximum Gasteiger partial charge on any atom is 0.323 e. The number of hydrogen-bond acceptors (Lipinski definition) is 5. The predicted octanol–water partition coefficient (Wildman–Crippen LogP) is 3.20. The van der Waals surface area contributed by atoms with Gasteiger partial charge < -0.3 is 10.0 Å². The van der Waals surface area contributed by atoms with Crippen molar-refractivity contribution in [3.05, 3.63) is 70.1 Å². The van der Waals surface area contributed by atoms with E-state index in [1.54, 1.807) is 17.0 Å². The molecule has 8 heteroatoms. The van der Waals surface area contributed by atoms with Crippen LogP contribution in [0.25, 0.3) is 5.57 Å². The Hall–Kier alpha value is -2.97. The molecule has 2 aliphatic rings. The first kappa shape index (κ1) is 19.4. The summed E-state index contributed by atoms with van der Waals surface area (Å²) in [5.41, 5.74) is 3.75. The Balaban J connectivity index is 1.76. The molecule has 1 N–H and O–H groups in total. The highest BCUT2D eigenvalue weighted by Gasteiger charge is 2.42. The third-order valence-electron chi connectivity index (χ3n) is 4.75. The maximum absolute atomic E-state index is 13.3. The number of nitrogens with zero attached hydrogens (tertiary/aromatic N) is 2. The first-order valence-corrected chi connectivity index (χ1v) is 10.1. The topological polar surface area (TPSA) is 77.9 Å². The van der Waals surface area contributed by atoms with Crippen molar-refractivity contribution in [2.24, 2.45) is 0 Å². The molecule has 2 aromatic rings. The van der Waals surface area contributed by atoms with Crippen molar-refractivity contribution in [2.45, 2.75) is 13.5 Å². The molecule has 146 valence electrons. The van der Waals surface area contributed by atoms with Gasteiger partial charge in [-0.05, 0) is 18.6 Å². The number of aliphatic carboxylic acids is 1.